The van der Waals surface area contributed by atoms with Crippen molar-refractivity contribution in [1.29, 1.82) is 0 Å². The van der Waals surface area contributed by atoms with Crippen molar-refractivity contribution in [2.45, 2.75) is 13.5 Å². The van der Waals surface area contributed by atoms with Gasteiger partial charge in [-0.1, -0.05) is 36.4 Å². The molecule has 0 radical (unpaired) electrons. The maximum absolute atomic E-state index is 13.1. The first-order valence-electron chi connectivity index (χ1n) is 9.42. The third kappa shape index (κ3) is 3.64. The quantitative estimate of drug-likeness (QED) is 0.513. The number of amides is 1. The van der Waals surface area contributed by atoms with Crippen LogP contribution in [0.3, 0.4) is 0 Å². The van der Waals surface area contributed by atoms with Crippen molar-refractivity contribution in [3.8, 4) is 0 Å². The van der Waals surface area contributed by atoms with Crippen LogP contribution in [-0.2, 0) is 11.3 Å². The van der Waals surface area contributed by atoms with Crippen LogP contribution >= 0.6 is 0 Å². The van der Waals surface area contributed by atoms with Gasteiger partial charge in [0.15, 0.2) is 0 Å². The minimum atomic E-state index is -0.263. The number of aryl methyl sites for hydroxylation is 1. The number of methoxy groups -OCH3 is 1. The van der Waals surface area contributed by atoms with Gasteiger partial charge in [-0.2, -0.15) is 0 Å². The molecular formula is C22H22N4O3. The van der Waals surface area contributed by atoms with E-state index in [4.69, 9.17) is 9.72 Å². The second-order valence-corrected chi connectivity index (χ2v) is 6.94. The number of rotatable bonds is 6. The van der Waals surface area contributed by atoms with Crippen molar-refractivity contribution >= 4 is 22.6 Å². The van der Waals surface area contributed by atoms with Gasteiger partial charge in [-0.05, 0) is 30.2 Å². The normalized spacial score (nSPS) is 11.2. The van der Waals surface area contributed by atoms with Gasteiger partial charge in [0, 0.05) is 26.4 Å². The average molecular weight is 390 g/mol. The first-order valence-corrected chi connectivity index (χ1v) is 9.42. The minimum Gasteiger partial charge on any atom is -0.383 e. The number of nitrogens with one attached hydrogen (secondary N) is 1. The molecule has 7 nitrogen and oxygen atoms in total. The number of fused-ring (bicyclic) bond motifs is 2. The Morgan fingerprint density at radius 3 is 2.72 bits per heavy atom. The van der Waals surface area contributed by atoms with Crippen molar-refractivity contribution in [3.63, 3.8) is 0 Å². The molecular weight excluding hydrogens is 368 g/mol. The van der Waals surface area contributed by atoms with Crippen LogP contribution in [0.2, 0.25) is 0 Å². The molecule has 0 unspecified atom stereocenters. The zero-order valence-corrected chi connectivity index (χ0v) is 16.4. The molecule has 3 heterocycles. The van der Waals surface area contributed by atoms with Crippen molar-refractivity contribution in [1.82, 2.24) is 19.3 Å². The van der Waals surface area contributed by atoms with E-state index in [0.29, 0.717) is 42.1 Å². The highest BCUT2D eigenvalue weighted by atomic mass is 16.5. The van der Waals surface area contributed by atoms with E-state index in [1.54, 1.807) is 23.9 Å². The van der Waals surface area contributed by atoms with Crippen LogP contribution in [0.1, 0.15) is 21.6 Å². The second-order valence-electron chi connectivity index (χ2n) is 6.94. The molecule has 1 amide bonds. The van der Waals surface area contributed by atoms with Gasteiger partial charge in [-0.25, -0.2) is 4.98 Å². The molecule has 1 aromatic carbocycles. The zero-order valence-electron chi connectivity index (χ0n) is 16.4. The lowest BCUT2D eigenvalue weighted by Gasteiger charge is -2.11. The predicted molar refractivity (Wildman–Crippen MR) is 111 cm³/mol. The van der Waals surface area contributed by atoms with E-state index in [1.165, 1.54) is 4.40 Å². The van der Waals surface area contributed by atoms with E-state index in [0.717, 1.165) is 11.1 Å². The predicted octanol–water partition coefficient (Wildman–Crippen LogP) is 2.38. The molecule has 0 aliphatic rings. The van der Waals surface area contributed by atoms with Gasteiger partial charge in [0.25, 0.3) is 11.5 Å². The fourth-order valence-electron chi connectivity index (χ4n) is 3.38. The zero-order chi connectivity index (χ0) is 20.4. The molecule has 0 aliphatic heterocycles. The number of aromatic nitrogens is 3. The number of pyridine rings is 1. The van der Waals surface area contributed by atoms with E-state index in [-0.39, 0.29) is 11.5 Å². The lowest BCUT2D eigenvalue weighted by molar-refractivity contribution is 0.0928. The van der Waals surface area contributed by atoms with Gasteiger partial charge in [-0.15, -0.1) is 0 Å². The van der Waals surface area contributed by atoms with Crippen LogP contribution in [0.15, 0.2) is 59.5 Å². The monoisotopic (exact) mass is 390 g/mol. The van der Waals surface area contributed by atoms with Crippen LogP contribution in [-0.4, -0.2) is 40.1 Å². The molecule has 0 saturated carbocycles. The summed E-state index contributed by atoms with van der Waals surface area (Å²) in [7, 11) is 1.58. The molecule has 0 spiro atoms. The topological polar surface area (TPSA) is 77.6 Å². The van der Waals surface area contributed by atoms with Crippen LogP contribution in [0.25, 0.3) is 16.7 Å². The van der Waals surface area contributed by atoms with E-state index in [9.17, 15) is 9.59 Å². The molecule has 1 N–H and O–H groups in total. The first kappa shape index (κ1) is 18.9. The highest BCUT2D eigenvalue weighted by Crippen LogP contribution is 2.19. The standard InChI is InChI=1S/C22H22N4O3/c1-15-8-9-19-24-20-17(22(28)26(19)13-15)12-18(21(27)23-10-11-29-2)25(20)14-16-6-4-3-5-7-16/h3-9,12-13H,10-11,14H2,1-2H3,(H,23,27). The van der Waals surface area contributed by atoms with Gasteiger partial charge in [0.05, 0.1) is 12.0 Å². The molecule has 3 aromatic heterocycles. The highest BCUT2D eigenvalue weighted by molar-refractivity contribution is 5.98. The SMILES string of the molecule is COCCNC(=O)c1cc2c(=O)n3cc(C)ccc3nc2n1Cc1ccccc1. The highest BCUT2D eigenvalue weighted by Gasteiger charge is 2.20. The molecule has 0 saturated heterocycles. The Hall–Kier alpha value is -3.45. The maximum atomic E-state index is 13.1. The van der Waals surface area contributed by atoms with Gasteiger partial charge < -0.3 is 14.6 Å². The number of nitrogens with zero attached hydrogens (tertiary/aromatic N) is 3. The summed E-state index contributed by atoms with van der Waals surface area (Å²) in [5.41, 5.74) is 3.24. The molecule has 4 aromatic rings. The molecule has 0 aliphatic carbocycles. The Morgan fingerprint density at radius 2 is 1.97 bits per heavy atom. The van der Waals surface area contributed by atoms with Crippen LogP contribution in [0.4, 0.5) is 0 Å². The lowest BCUT2D eigenvalue weighted by atomic mass is 10.2. The van der Waals surface area contributed by atoms with E-state index < -0.39 is 0 Å². The van der Waals surface area contributed by atoms with Crippen molar-refractivity contribution in [2.75, 3.05) is 20.3 Å². The van der Waals surface area contributed by atoms with E-state index >= 15 is 0 Å². The third-order valence-corrected chi connectivity index (χ3v) is 4.82. The number of carbonyl (C=O) groups excluding carboxylic acids is 1. The number of benzene rings is 1. The Morgan fingerprint density at radius 1 is 1.17 bits per heavy atom. The van der Waals surface area contributed by atoms with Crippen LogP contribution < -0.4 is 10.9 Å². The summed E-state index contributed by atoms with van der Waals surface area (Å²) in [6.07, 6.45) is 1.76. The van der Waals surface area contributed by atoms with Gasteiger partial charge >= 0.3 is 0 Å². The lowest BCUT2D eigenvalue weighted by Crippen LogP contribution is -2.29. The summed E-state index contributed by atoms with van der Waals surface area (Å²) in [6.45, 7) is 3.15. The van der Waals surface area contributed by atoms with Crippen LogP contribution in [0, 0.1) is 6.92 Å². The summed E-state index contributed by atoms with van der Waals surface area (Å²) in [5.74, 6) is -0.263. The molecule has 0 bridgehead atoms. The molecule has 7 heteroatoms. The summed E-state index contributed by atoms with van der Waals surface area (Å²) < 4.78 is 8.33. The molecule has 0 atom stereocenters. The van der Waals surface area contributed by atoms with Crippen molar-refractivity contribution in [3.05, 3.63) is 81.9 Å². The van der Waals surface area contributed by atoms with Gasteiger partial charge in [0.2, 0.25) is 0 Å². The summed E-state index contributed by atoms with van der Waals surface area (Å²) in [6, 6.07) is 15.1. The van der Waals surface area contributed by atoms with Gasteiger partial charge in [0.1, 0.15) is 17.0 Å². The molecule has 148 valence electrons. The molecule has 4 rings (SSSR count). The van der Waals surface area contributed by atoms with Gasteiger partial charge in [-0.3, -0.25) is 14.0 Å². The van der Waals surface area contributed by atoms with Crippen molar-refractivity contribution in [2.24, 2.45) is 0 Å². The smallest absolute Gasteiger partial charge is 0.268 e. The fourth-order valence-corrected chi connectivity index (χ4v) is 3.38. The Bertz CT molecular complexity index is 1240. The largest absolute Gasteiger partial charge is 0.383 e. The Kier molecular flexibility index (Phi) is 5.14. The Balaban J connectivity index is 1.90. The third-order valence-electron chi connectivity index (χ3n) is 4.82. The summed E-state index contributed by atoms with van der Waals surface area (Å²) in [5, 5.41) is 3.25. The molecule has 0 fully saturated rings. The van der Waals surface area contributed by atoms with Crippen LogP contribution in [0.5, 0.6) is 0 Å². The first-order chi connectivity index (χ1) is 14.1. The average Bonchev–Trinajstić information content (AvgIpc) is 3.08. The number of hydrogen-bond acceptors (Lipinski definition) is 4. The molecule has 29 heavy (non-hydrogen) atoms. The summed E-state index contributed by atoms with van der Waals surface area (Å²) >= 11 is 0. The number of ether oxygens (including phenoxy) is 1. The van der Waals surface area contributed by atoms with E-state index in [1.807, 2.05) is 49.4 Å². The second kappa shape index (κ2) is 7.89. The van der Waals surface area contributed by atoms with Crippen molar-refractivity contribution < 1.29 is 9.53 Å². The number of carbonyl (C=O) groups is 1. The fraction of sp³-hybridized carbons (Fsp3) is 0.227. The summed E-state index contributed by atoms with van der Waals surface area (Å²) in [4.78, 5) is 30.6. The minimum absolute atomic E-state index is 0.188. The number of hydrogen-bond donors (Lipinski definition) is 1. The van der Waals surface area contributed by atoms with E-state index in [2.05, 4.69) is 5.32 Å². The maximum Gasteiger partial charge on any atom is 0.268 e. The Labute approximate surface area is 167 Å².